The standard InChI is InChI=1S/C29H40N2O5/c1-7-8-16-30(22-18-28(2,3)31(35-6)29(4,5)19-22)26(20-32)36-23-14-15-24(25(33)17-23)27(34)21-12-10-9-11-13-21/h9-15,17,20,22,26,33H,7-8,16,18-19H2,1-6H3. The maximum absolute atomic E-state index is 12.8. The number of hydroxylamine groups is 2. The third-order valence-electron chi connectivity index (χ3n) is 6.94. The lowest BCUT2D eigenvalue weighted by atomic mass is 9.78. The van der Waals surface area contributed by atoms with Crippen LogP contribution in [0.2, 0.25) is 0 Å². The fraction of sp³-hybridized carbons (Fsp3) is 0.517. The van der Waals surface area contributed by atoms with E-state index in [2.05, 4.69) is 39.5 Å². The van der Waals surface area contributed by atoms with E-state index >= 15 is 0 Å². The minimum atomic E-state index is -0.822. The van der Waals surface area contributed by atoms with Gasteiger partial charge in [0.25, 0.3) is 0 Å². The summed E-state index contributed by atoms with van der Waals surface area (Å²) in [7, 11) is 1.70. The smallest absolute Gasteiger partial charge is 0.209 e. The molecule has 1 aliphatic rings. The number of unbranched alkanes of at least 4 members (excludes halogenated alkanes) is 1. The molecule has 3 rings (SSSR count). The quantitative estimate of drug-likeness (QED) is 0.260. The van der Waals surface area contributed by atoms with Gasteiger partial charge in [0.05, 0.1) is 12.7 Å². The number of ether oxygens (including phenoxy) is 1. The topological polar surface area (TPSA) is 79.3 Å². The van der Waals surface area contributed by atoms with E-state index < -0.39 is 6.23 Å². The molecule has 7 nitrogen and oxygen atoms in total. The molecular formula is C29H40N2O5. The summed E-state index contributed by atoms with van der Waals surface area (Å²) < 4.78 is 6.13. The molecule has 1 saturated heterocycles. The van der Waals surface area contributed by atoms with Gasteiger partial charge >= 0.3 is 0 Å². The van der Waals surface area contributed by atoms with Gasteiger partial charge in [0, 0.05) is 35.3 Å². The average molecular weight is 497 g/mol. The van der Waals surface area contributed by atoms with Crippen molar-refractivity contribution in [2.45, 2.75) is 83.6 Å². The summed E-state index contributed by atoms with van der Waals surface area (Å²) >= 11 is 0. The van der Waals surface area contributed by atoms with E-state index in [9.17, 15) is 14.7 Å². The van der Waals surface area contributed by atoms with E-state index in [1.54, 1.807) is 43.5 Å². The maximum atomic E-state index is 12.8. The number of hydrogen-bond acceptors (Lipinski definition) is 7. The van der Waals surface area contributed by atoms with Crippen LogP contribution in [0, 0.1) is 0 Å². The molecule has 1 aliphatic heterocycles. The van der Waals surface area contributed by atoms with Gasteiger partial charge in [0.15, 0.2) is 12.1 Å². The summed E-state index contributed by atoms with van der Waals surface area (Å²) in [5, 5.41) is 12.7. The van der Waals surface area contributed by atoms with Crippen LogP contribution < -0.4 is 4.74 Å². The zero-order valence-electron chi connectivity index (χ0n) is 22.4. The molecule has 1 atom stereocenters. The second kappa shape index (κ2) is 11.5. The molecule has 1 unspecified atom stereocenters. The number of carbonyl (C=O) groups is 2. The SMILES string of the molecule is CCCCN(C1CC(C)(C)N(OC)C(C)(C)C1)C(C=O)Oc1ccc(C(=O)c2ccccc2)c(O)c1. The molecule has 0 saturated carbocycles. The molecule has 2 aromatic carbocycles. The van der Waals surface area contributed by atoms with E-state index in [4.69, 9.17) is 9.57 Å². The van der Waals surface area contributed by atoms with Crippen molar-refractivity contribution in [3.05, 3.63) is 59.7 Å². The van der Waals surface area contributed by atoms with Crippen LogP contribution in [0.15, 0.2) is 48.5 Å². The van der Waals surface area contributed by atoms with Gasteiger partial charge in [-0.15, -0.1) is 0 Å². The van der Waals surface area contributed by atoms with Gasteiger partial charge in [0.2, 0.25) is 6.23 Å². The van der Waals surface area contributed by atoms with Gasteiger partial charge in [-0.05, 0) is 59.1 Å². The van der Waals surface area contributed by atoms with E-state index in [0.29, 0.717) is 17.9 Å². The normalized spacial score (nSPS) is 18.6. The molecule has 1 fully saturated rings. The van der Waals surface area contributed by atoms with Crippen LogP contribution in [0.5, 0.6) is 11.5 Å². The predicted octanol–water partition coefficient (Wildman–Crippen LogP) is 5.21. The molecule has 2 aromatic rings. The summed E-state index contributed by atoms with van der Waals surface area (Å²) in [5.74, 6) is -0.115. The molecule has 1 N–H and O–H groups in total. The third-order valence-corrected chi connectivity index (χ3v) is 6.94. The third kappa shape index (κ3) is 6.14. The van der Waals surface area contributed by atoms with Crippen molar-refractivity contribution in [1.82, 2.24) is 9.96 Å². The number of nitrogens with zero attached hydrogens (tertiary/aromatic N) is 2. The Balaban J connectivity index is 1.84. The maximum Gasteiger partial charge on any atom is 0.209 e. The lowest BCUT2D eigenvalue weighted by molar-refractivity contribution is -0.274. The summed E-state index contributed by atoms with van der Waals surface area (Å²) in [6.07, 6.45) is 3.52. The average Bonchev–Trinajstić information content (AvgIpc) is 2.82. The number of rotatable bonds is 11. The predicted molar refractivity (Wildman–Crippen MR) is 140 cm³/mol. The lowest BCUT2D eigenvalue weighted by Crippen LogP contribution is -2.65. The van der Waals surface area contributed by atoms with Crippen molar-refractivity contribution < 1.29 is 24.3 Å². The Hall–Kier alpha value is -2.74. The number of piperidine rings is 1. The van der Waals surface area contributed by atoms with Crippen molar-refractivity contribution in [2.24, 2.45) is 0 Å². The zero-order chi connectivity index (χ0) is 26.5. The molecule has 1 heterocycles. The van der Waals surface area contributed by atoms with Gasteiger partial charge in [0.1, 0.15) is 11.5 Å². The molecular weight excluding hydrogens is 456 g/mol. The van der Waals surface area contributed by atoms with Crippen molar-refractivity contribution in [3.8, 4) is 11.5 Å². The van der Waals surface area contributed by atoms with Crippen LogP contribution in [-0.2, 0) is 9.63 Å². The van der Waals surface area contributed by atoms with E-state index in [1.807, 2.05) is 11.1 Å². The fourth-order valence-electron chi connectivity index (χ4n) is 5.63. The molecule has 0 amide bonds. The van der Waals surface area contributed by atoms with Crippen molar-refractivity contribution in [3.63, 3.8) is 0 Å². The lowest BCUT2D eigenvalue weighted by Gasteiger charge is -2.55. The summed E-state index contributed by atoms with van der Waals surface area (Å²) in [4.78, 5) is 33.0. The number of aromatic hydroxyl groups is 1. The zero-order valence-corrected chi connectivity index (χ0v) is 22.4. The molecule has 0 spiro atoms. The van der Waals surface area contributed by atoms with E-state index in [-0.39, 0.29) is 34.2 Å². The number of phenolic OH excluding ortho intramolecular Hbond substituents is 1. The highest BCUT2D eigenvalue weighted by molar-refractivity contribution is 6.10. The van der Waals surface area contributed by atoms with Crippen molar-refractivity contribution >= 4 is 12.1 Å². The van der Waals surface area contributed by atoms with Crippen LogP contribution in [-0.4, -0.2) is 64.1 Å². The van der Waals surface area contributed by atoms with Crippen LogP contribution >= 0.6 is 0 Å². The Morgan fingerprint density at radius 1 is 1.14 bits per heavy atom. The summed E-state index contributed by atoms with van der Waals surface area (Å²) in [5.41, 5.74) is 0.202. The van der Waals surface area contributed by atoms with Crippen molar-refractivity contribution in [2.75, 3.05) is 13.7 Å². The first-order valence-electron chi connectivity index (χ1n) is 12.7. The summed E-state index contributed by atoms with van der Waals surface area (Å²) in [6.45, 7) is 11.4. The first kappa shape index (κ1) is 27.8. The molecule has 0 bridgehead atoms. The van der Waals surface area contributed by atoms with Crippen LogP contribution in [0.3, 0.4) is 0 Å². The van der Waals surface area contributed by atoms with Crippen LogP contribution in [0.25, 0.3) is 0 Å². The minimum Gasteiger partial charge on any atom is -0.507 e. The summed E-state index contributed by atoms with van der Waals surface area (Å²) in [6, 6.07) is 13.5. The van der Waals surface area contributed by atoms with Crippen molar-refractivity contribution in [1.29, 1.82) is 0 Å². The van der Waals surface area contributed by atoms with Crippen LogP contribution in [0.4, 0.5) is 0 Å². The Kier molecular flexibility index (Phi) is 8.93. The number of ketones is 1. The molecule has 196 valence electrons. The minimum absolute atomic E-state index is 0.0932. The second-order valence-electron chi connectivity index (χ2n) is 10.8. The fourth-order valence-corrected chi connectivity index (χ4v) is 5.63. The first-order chi connectivity index (χ1) is 17.0. The molecule has 0 radical (unpaired) electrons. The number of benzene rings is 2. The number of phenols is 1. The van der Waals surface area contributed by atoms with Gasteiger partial charge in [-0.3, -0.25) is 14.5 Å². The first-order valence-corrected chi connectivity index (χ1v) is 12.7. The second-order valence-corrected chi connectivity index (χ2v) is 10.8. The molecule has 36 heavy (non-hydrogen) atoms. The highest BCUT2D eigenvalue weighted by Crippen LogP contribution is 2.41. The van der Waals surface area contributed by atoms with E-state index in [0.717, 1.165) is 32.0 Å². The number of aldehydes is 1. The highest BCUT2D eigenvalue weighted by Gasteiger charge is 2.48. The Labute approximate surface area is 215 Å². The van der Waals surface area contributed by atoms with Gasteiger partial charge < -0.3 is 14.7 Å². The molecule has 0 aliphatic carbocycles. The van der Waals surface area contributed by atoms with Gasteiger partial charge in [-0.1, -0.05) is 43.7 Å². The van der Waals surface area contributed by atoms with Gasteiger partial charge in [-0.2, -0.15) is 5.06 Å². The number of carbonyl (C=O) groups excluding carboxylic acids is 2. The Bertz CT molecular complexity index is 1020. The van der Waals surface area contributed by atoms with E-state index in [1.165, 1.54) is 6.07 Å². The number of hydrogen-bond donors (Lipinski definition) is 1. The molecule has 7 heteroatoms. The van der Waals surface area contributed by atoms with Crippen LogP contribution in [0.1, 0.15) is 76.2 Å². The Morgan fingerprint density at radius 3 is 2.31 bits per heavy atom. The Morgan fingerprint density at radius 2 is 1.78 bits per heavy atom. The largest absolute Gasteiger partial charge is 0.507 e. The molecule has 0 aromatic heterocycles. The highest BCUT2D eigenvalue weighted by atomic mass is 16.7. The monoisotopic (exact) mass is 496 g/mol. The van der Waals surface area contributed by atoms with Gasteiger partial charge in [-0.25, -0.2) is 0 Å².